The Morgan fingerprint density at radius 2 is 1.79 bits per heavy atom. The zero-order valence-corrected chi connectivity index (χ0v) is 16.2. The molecule has 5 heteroatoms. The van der Waals surface area contributed by atoms with Crippen molar-refractivity contribution in [2.24, 2.45) is 7.05 Å². The molecule has 5 rings (SSSR count). The smallest absolute Gasteiger partial charge is 0.254 e. The highest BCUT2D eigenvalue weighted by Crippen LogP contribution is 2.33. The van der Waals surface area contributed by atoms with E-state index in [2.05, 4.69) is 41.2 Å². The summed E-state index contributed by atoms with van der Waals surface area (Å²) in [6, 6.07) is 22.5. The van der Waals surface area contributed by atoms with Crippen LogP contribution in [-0.2, 0) is 11.8 Å². The number of amides is 2. The molecule has 3 aromatic carbocycles. The summed E-state index contributed by atoms with van der Waals surface area (Å²) in [7, 11) is 2.08. The molecular weight excluding hydrogens is 362 g/mol. The molecule has 1 aromatic heterocycles. The van der Waals surface area contributed by atoms with Crippen molar-refractivity contribution in [1.82, 2.24) is 14.8 Å². The highest BCUT2D eigenvalue weighted by molar-refractivity contribution is 6.04. The van der Waals surface area contributed by atoms with Crippen LogP contribution in [0.25, 0.3) is 32.9 Å². The van der Waals surface area contributed by atoms with E-state index in [0.29, 0.717) is 18.7 Å². The lowest BCUT2D eigenvalue weighted by molar-refractivity contribution is -0.123. The number of aryl methyl sites for hydroxylation is 1. The van der Waals surface area contributed by atoms with Crippen molar-refractivity contribution in [3.8, 4) is 11.3 Å². The maximum atomic E-state index is 12.9. The third kappa shape index (κ3) is 2.95. The molecule has 1 N–H and O–H groups in total. The minimum Gasteiger partial charge on any atom is -0.353 e. The molecule has 0 spiro atoms. The predicted molar refractivity (Wildman–Crippen MR) is 115 cm³/mol. The first-order chi connectivity index (χ1) is 14.1. The van der Waals surface area contributed by atoms with E-state index in [1.807, 2.05) is 42.5 Å². The van der Waals surface area contributed by atoms with Gasteiger partial charge in [-0.05, 0) is 35.0 Å². The van der Waals surface area contributed by atoms with Crippen LogP contribution >= 0.6 is 0 Å². The number of rotatable bonds is 2. The lowest BCUT2D eigenvalue weighted by atomic mass is 9.99. The molecule has 1 aliphatic heterocycles. The lowest BCUT2D eigenvalue weighted by Gasteiger charge is -2.26. The van der Waals surface area contributed by atoms with Crippen LogP contribution in [0.3, 0.4) is 0 Å². The molecule has 0 bridgehead atoms. The Kier molecular flexibility index (Phi) is 4.09. The van der Waals surface area contributed by atoms with Gasteiger partial charge in [0.1, 0.15) is 0 Å². The number of nitrogens with one attached hydrogen (secondary N) is 1. The van der Waals surface area contributed by atoms with E-state index in [1.54, 1.807) is 4.90 Å². The van der Waals surface area contributed by atoms with Crippen LogP contribution in [0.15, 0.2) is 66.7 Å². The third-order valence-corrected chi connectivity index (χ3v) is 5.68. The number of benzene rings is 3. The number of carbonyl (C=O) groups excluding carboxylic acids is 2. The molecular formula is C24H21N3O2. The predicted octanol–water partition coefficient (Wildman–Crippen LogP) is 3.57. The molecule has 29 heavy (non-hydrogen) atoms. The summed E-state index contributed by atoms with van der Waals surface area (Å²) in [5.41, 5.74) is 4.08. The average molecular weight is 383 g/mol. The van der Waals surface area contributed by atoms with Crippen molar-refractivity contribution < 1.29 is 9.59 Å². The van der Waals surface area contributed by atoms with Gasteiger partial charge in [-0.25, -0.2) is 0 Å². The van der Waals surface area contributed by atoms with Crippen LogP contribution in [0.4, 0.5) is 0 Å². The molecule has 0 unspecified atom stereocenters. The Morgan fingerprint density at radius 1 is 0.966 bits per heavy atom. The van der Waals surface area contributed by atoms with Gasteiger partial charge in [-0.2, -0.15) is 0 Å². The summed E-state index contributed by atoms with van der Waals surface area (Å²) in [5, 5.41) is 6.08. The van der Waals surface area contributed by atoms with Crippen molar-refractivity contribution in [3.63, 3.8) is 0 Å². The summed E-state index contributed by atoms with van der Waals surface area (Å²) in [6.07, 6.45) is 0. The molecule has 1 aliphatic rings. The van der Waals surface area contributed by atoms with Gasteiger partial charge in [-0.1, -0.05) is 42.5 Å². The van der Waals surface area contributed by atoms with Crippen molar-refractivity contribution in [2.45, 2.75) is 0 Å². The Morgan fingerprint density at radius 3 is 2.62 bits per heavy atom. The third-order valence-electron chi connectivity index (χ3n) is 5.68. The lowest BCUT2D eigenvalue weighted by Crippen LogP contribution is -2.49. The minimum absolute atomic E-state index is 0.100. The number of aromatic nitrogens is 1. The number of piperazine rings is 1. The fourth-order valence-corrected chi connectivity index (χ4v) is 4.18. The van der Waals surface area contributed by atoms with E-state index in [-0.39, 0.29) is 18.4 Å². The standard InChI is InChI=1S/C24H21N3O2/c1-26-21-8-3-2-5-17(21)14-22(26)20-7-4-6-16-13-18(9-10-19(16)20)24(29)27-12-11-25-23(28)15-27/h2-10,13-14H,11-12,15H2,1H3,(H,25,28). The summed E-state index contributed by atoms with van der Waals surface area (Å²) in [4.78, 5) is 26.1. The van der Waals surface area contributed by atoms with E-state index >= 15 is 0 Å². The largest absolute Gasteiger partial charge is 0.353 e. The van der Waals surface area contributed by atoms with Gasteiger partial charge in [0.2, 0.25) is 5.91 Å². The van der Waals surface area contributed by atoms with E-state index in [0.717, 1.165) is 22.0 Å². The molecule has 5 nitrogen and oxygen atoms in total. The number of fused-ring (bicyclic) bond motifs is 2. The molecule has 144 valence electrons. The van der Waals surface area contributed by atoms with Crippen LogP contribution in [0.5, 0.6) is 0 Å². The molecule has 0 atom stereocenters. The van der Waals surface area contributed by atoms with Crippen LogP contribution in [-0.4, -0.2) is 40.9 Å². The second-order valence-electron chi connectivity index (χ2n) is 7.47. The topological polar surface area (TPSA) is 54.3 Å². The maximum absolute atomic E-state index is 12.9. The first-order valence-electron chi connectivity index (χ1n) is 9.75. The number of nitrogens with zero attached hydrogens (tertiary/aromatic N) is 2. The van der Waals surface area contributed by atoms with Crippen LogP contribution in [0, 0.1) is 0 Å². The van der Waals surface area contributed by atoms with Gasteiger partial charge in [-0.3, -0.25) is 9.59 Å². The van der Waals surface area contributed by atoms with Gasteiger partial charge >= 0.3 is 0 Å². The Hall–Kier alpha value is -3.60. The number of para-hydroxylation sites is 1. The molecule has 4 aromatic rings. The van der Waals surface area contributed by atoms with Gasteiger partial charge in [0.05, 0.1) is 6.54 Å². The van der Waals surface area contributed by atoms with Gasteiger partial charge in [0.25, 0.3) is 5.91 Å². The monoisotopic (exact) mass is 383 g/mol. The highest BCUT2D eigenvalue weighted by Gasteiger charge is 2.22. The molecule has 0 saturated carbocycles. The van der Waals surface area contributed by atoms with Crippen molar-refractivity contribution in [2.75, 3.05) is 19.6 Å². The van der Waals surface area contributed by atoms with E-state index in [4.69, 9.17) is 0 Å². The van der Waals surface area contributed by atoms with E-state index in [1.165, 1.54) is 10.9 Å². The summed E-state index contributed by atoms with van der Waals surface area (Å²) < 4.78 is 2.20. The van der Waals surface area contributed by atoms with Crippen LogP contribution in [0.1, 0.15) is 10.4 Å². The summed E-state index contributed by atoms with van der Waals surface area (Å²) >= 11 is 0. The van der Waals surface area contributed by atoms with Gasteiger partial charge in [-0.15, -0.1) is 0 Å². The minimum atomic E-state index is -0.108. The van der Waals surface area contributed by atoms with Gasteiger partial charge < -0.3 is 14.8 Å². The molecule has 2 amide bonds. The molecule has 1 saturated heterocycles. The fraction of sp³-hybridized carbons (Fsp3) is 0.167. The first-order valence-corrected chi connectivity index (χ1v) is 9.75. The van der Waals surface area contributed by atoms with E-state index < -0.39 is 0 Å². The normalized spacial score (nSPS) is 14.4. The van der Waals surface area contributed by atoms with Crippen molar-refractivity contribution >= 4 is 33.5 Å². The zero-order chi connectivity index (χ0) is 20.0. The molecule has 1 fully saturated rings. The average Bonchev–Trinajstić information content (AvgIpc) is 3.09. The molecule has 2 heterocycles. The Labute approximate surface area is 168 Å². The van der Waals surface area contributed by atoms with Gasteiger partial charge in [0.15, 0.2) is 0 Å². The molecule has 0 aliphatic carbocycles. The van der Waals surface area contributed by atoms with Gasteiger partial charge in [0, 0.05) is 47.9 Å². The molecule has 0 radical (unpaired) electrons. The quantitative estimate of drug-likeness (QED) is 0.575. The fourth-order valence-electron chi connectivity index (χ4n) is 4.18. The first kappa shape index (κ1) is 17.5. The van der Waals surface area contributed by atoms with E-state index in [9.17, 15) is 9.59 Å². The SMILES string of the molecule is Cn1c(-c2cccc3cc(C(=O)N4CCNC(=O)C4)ccc23)cc2ccccc21. The number of carbonyl (C=O) groups is 2. The second kappa shape index (κ2) is 6.78. The summed E-state index contributed by atoms with van der Waals surface area (Å²) in [5.74, 6) is -0.208. The maximum Gasteiger partial charge on any atom is 0.254 e. The second-order valence-corrected chi connectivity index (χ2v) is 7.47. The zero-order valence-electron chi connectivity index (χ0n) is 16.2. The Bertz CT molecular complexity index is 1270. The van der Waals surface area contributed by atoms with Crippen LogP contribution < -0.4 is 5.32 Å². The summed E-state index contributed by atoms with van der Waals surface area (Å²) in [6.45, 7) is 1.16. The Balaban J connectivity index is 1.58. The van der Waals surface area contributed by atoms with Crippen molar-refractivity contribution in [1.29, 1.82) is 0 Å². The number of hydrogen-bond donors (Lipinski definition) is 1. The number of hydrogen-bond acceptors (Lipinski definition) is 2. The van der Waals surface area contributed by atoms with Crippen molar-refractivity contribution in [3.05, 3.63) is 72.3 Å². The highest BCUT2D eigenvalue weighted by atomic mass is 16.2. The van der Waals surface area contributed by atoms with Crippen LogP contribution in [0.2, 0.25) is 0 Å².